The van der Waals surface area contributed by atoms with Gasteiger partial charge in [-0.15, -0.1) is 0 Å². The number of hydrogen-bond acceptors (Lipinski definition) is 3. The number of aromatic nitrogens is 1. The number of carbonyl (C=O) groups is 1. The van der Waals surface area contributed by atoms with Crippen LogP contribution in [0.1, 0.15) is 46.1 Å². The smallest absolute Gasteiger partial charge is 0.336 e. The van der Waals surface area contributed by atoms with Crippen molar-refractivity contribution < 1.29 is 9.90 Å². The third-order valence-electron chi connectivity index (χ3n) is 5.66. The largest absolute Gasteiger partial charge is 0.478 e. The number of likely N-dealkylation sites (tertiary alicyclic amines) is 1. The summed E-state index contributed by atoms with van der Waals surface area (Å²) in [6, 6.07) is 21.7. The molecule has 1 aliphatic rings. The van der Waals surface area contributed by atoms with Crippen molar-refractivity contribution in [3.63, 3.8) is 0 Å². The number of carboxylic acid groups (broad SMARTS) is 1. The molecule has 3 aromatic rings. The second-order valence-electron chi connectivity index (χ2n) is 7.83. The molecule has 2 heterocycles. The van der Waals surface area contributed by atoms with Crippen LogP contribution in [0, 0.1) is 6.92 Å². The molecule has 1 aliphatic heterocycles. The number of aryl methyl sites for hydroxylation is 1. The first-order valence-electron chi connectivity index (χ1n) is 10.2. The Balaban J connectivity index is 1.46. The Labute approximate surface area is 171 Å². The van der Waals surface area contributed by atoms with Crippen molar-refractivity contribution in [2.24, 2.45) is 0 Å². The van der Waals surface area contributed by atoms with Crippen molar-refractivity contribution >= 4 is 5.97 Å². The van der Waals surface area contributed by atoms with Crippen LogP contribution in [0.5, 0.6) is 0 Å². The fourth-order valence-corrected chi connectivity index (χ4v) is 4.20. The second-order valence-corrected chi connectivity index (χ2v) is 7.83. The Kier molecular flexibility index (Phi) is 5.72. The first-order chi connectivity index (χ1) is 14.1. The lowest BCUT2D eigenvalue weighted by atomic mass is 9.93. The van der Waals surface area contributed by atoms with Crippen molar-refractivity contribution in [3.05, 3.63) is 89.2 Å². The van der Waals surface area contributed by atoms with E-state index in [1.807, 2.05) is 37.3 Å². The predicted octanol–water partition coefficient (Wildman–Crippen LogP) is 5.13. The number of rotatable bonds is 5. The molecule has 4 nitrogen and oxygen atoms in total. The maximum absolute atomic E-state index is 11.5. The van der Waals surface area contributed by atoms with Crippen LogP contribution in [0.2, 0.25) is 0 Å². The van der Waals surface area contributed by atoms with Gasteiger partial charge in [-0.1, -0.05) is 48.5 Å². The van der Waals surface area contributed by atoms with Gasteiger partial charge in [-0.05, 0) is 61.2 Å². The van der Waals surface area contributed by atoms with Crippen molar-refractivity contribution in [1.82, 2.24) is 9.88 Å². The number of benzene rings is 2. The molecule has 1 fully saturated rings. The zero-order valence-electron chi connectivity index (χ0n) is 16.7. The Morgan fingerprint density at radius 3 is 2.62 bits per heavy atom. The van der Waals surface area contributed by atoms with E-state index in [0.717, 1.165) is 36.5 Å². The maximum Gasteiger partial charge on any atom is 0.336 e. The second kappa shape index (κ2) is 8.58. The molecule has 29 heavy (non-hydrogen) atoms. The molecule has 4 heteroatoms. The summed E-state index contributed by atoms with van der Waals surface area (Å²) in [5, 5.41) is 9.42. The maximum atomic E-state index is 11.5. The molecule has 148 valence electrons. The molecule has 1 unspecified atom stereocenters. The summed E-state index contributed by atoms with van der Waals surface area (Å²) < 4.78 is 0. The highest BCUT2D eigenvalue weighted by Gasteiger charge is 2.22. The lowest BCUT2D eigenvalue weighted by molar-refractivity contribution is 0.0697. The highest BCUT2D eigenvalue weighted by atomic mass is 16.4. The number of aromatic carboxylic acids is 1. The monoisotopic (exact) mass is 386 g/mol. The Hall–Kier alpha value is -2.98. The molecule has 1 saturated heterocycles. The molecule has 4 rings (SSSR count). The van der Waals surface area contributed by atoms with E-state index in [2.05, 4.69) is 29.2 Å². The van der Waals surface area contributed by atoms with Gasteiger partial charge in [0.05, 0.1) is 5.56 Å². The van der Waals surface area contributed by atoms with Crippen molar-refractivity contribution in [2.75, 3.05) is 13.1 Å². The number of hydrogen-bond donors (Lipinski definition) is 1. The fraction of sp³-hybridized carbons (Fsp3) is 0.280. The average molecular weight is 386 g/mol. The van der Waals surface area contributed by atoms with Crippen LogP contribution in [-0.2, 0) is 6.54 Å². The Morgan fingerprint density at radius 2 is 1.86 bits per heavy atom. The molecule has 0 radical (unpaired) electrons. The summed E-state index contributed by atoms with van der Waals surface area (Å²) in [5.41, 5.74) is 5.57. The normalized spacial score (nSPS) is 17.2. The number of piperidine rings is 1. The summed E-state index contributed by atoms with van der Waals surface area (Å²) in [5.74, 6) is -0.404. The SMILES string of the molecule is Cc1cccc(C2CCCN(Cc3ccc(-c4ccccc4C(=O)O)cc3)C2)n1. The summed E-state index contributed by atoms with van der Waals surface area (Å²) in [6.45, 7) is 5.09. The first kappa shape index (κ1) is 19.3. The highest BCUT2D eigenvalue weighted by molar-refractivity contribution is 5.95. The van der Waals surface area contributed by atoms with Crippen LogP contribution in [0.3, 0.4) is 0 Å². The van der Waals surface area contributed by atoms with Crippen LogP contribution in [0.15, 0.2) is 66.7 Å². The van der Waals surface area contributed by atoms with Crippen molar-refractivity contribution in [2.45, 2.75) is 32.2 Å². The van der Waals surface area contributed by atoms with Gasteiger partial charge in [-0.3, -0.25) is 9.88 Å². The van der Waals surface area contributed by atoms with Gasteiger partial charge < -0.3 is 5.11 Å². The molecule has 1 aromatic heterocycles. The van der Waals surface area contributed by atoms with Crippen molar-refractivity contribution in [3.8, 4) is 11.1 Å². The molecular formula is C25H26N2O2. The van der Waals surface area contributed by atoms with E-state index in [1.54, 1.807) is 12.1 Å². The summed E-state index contributed by atoms with van der Waals surface area (Å²) in [7, 11) is 0. The quantitative estimate of drug-likeness (QED) is 0.660. The van der Waals surface area contributed by atoms with Crippen LogP contribution in [0.25, 0.3) is 11.1 Å². The zero-order valence-corrected chi connectivity index (χ0v) is 16.7. The number of nitrogens with zero attached hydrogens (tertiary/aromatic N) is 2. The van der Waals surface area contributed by atoms with E-state index in [4.69, 9.17) is 4.98 Å². The topological polar surface area (TPSA) is 53.4 Å². The summed E-state index contributed by atoms with van der Waals surface area (Å²) in [4.78, 5) is 18.7. The van der Waals surface area contributed by atoms with Gasteiger partial charge in [-0.25, -0.2) is 4.79 Å². The molecule has 1 N–H and O–H groups in total. The molecule has 0 saturated carbocycles. The molecule has 2 aromatic carbocycles. The van der Waals surface area contributed by atoms with Gasteiger partial charge in [0.15, 0.2) is 0 Å². The van der Waals surface area contributed by atoms with Crippen LogP contribution in [-0.4, -0.2) is 34.0 Å². The van der Waals surface area contributed by atoms with E-state index in [1.165, 1.54) is 24.1 Å². The zero-order chi connectivity index (χ0) is 20.2. The van der Waals surface area contributed by atoms with Crippen LogP contribution < -0.4 is 0 Å². The minimum absolute atomic E-state index is 0.338. The number of carboxylic acids is 1. The lowest BCUT2D eigenvalue weighted by Gasteiger charge is -2.32. The molecule has 1 atom stereocenters. The van der Waals surface area contributed by atoms with Gasteiger partial charge in [0.1, 0.15) is 0 Å². The standard InChI is InChI=1S/C25H26N2O2/c1-18-6-4-10-24(26-18)21-7-5-15-27(17-21)16-19-11-13-20(14-12-19)22-8-2-3-9-23(22)25(28)29/h2-4,6,8-14,21H,5,7,15-17H2,1H3,(H,28,29). The molecular weight excluding hydrogens is 360 g/mol. The van der Waals surface area contributed by atoms with Gasteiger partial charge in [0.25, 0.3) is 0 Å². The van der Waals surface area contributed by atoms with Gasteiger partial charge in [0.2, 0.25) is 0 Å². The number of pyridine rings is 1. The van der Waals surface area contributed by atoms with E-state index in [9.17, 15) is 9.90 Å². The van der Waals surface area contributed by atoms with Gasteiger partial charge in [-0.2, -0.15) is 0 Å². The van der Waals surface area contributed by atoms with Crippen LogP contribution >= 0.6 is 0 Å². The molecule has 0 aliphatic carbocycles. The predicted molar refractivity (Wildman–Crippen MR) is 115 cm³/mol. The van der Waals surface area contributed by atoms with E-state index >= 15 is 0 Å². The Morgan fingerprint density at radius 1 is 1.07 bits per heavy atom. The minimum Gasteiger partial charge on any atom is -0.478 e. The summed E-state index contributed by atoms with van der Waals surface area (Å²) >= 11 is 0. The molecule has 0 bridgehead atoms. The van der Waals surface area contributed by atoms with Gasteiger partial charge >= 0.3 is 5.97 Å². The van der Waals surface area contributed by atoms with Crippen LogP contribution in [0.4, 0.5) is 0 Å². The lowest BCUT2D eigenvalue weighted by Crippen LogP contribution is -2.34. The third-order valence-corrected chi connectivity index (χ3v) is 5.66. The first-order valence-corrected chi connectivity index (χ1v) is 10.2. The van der Waals surface area contributed by atoms with E-state index in [-0.39, 0.29) is 0 Å². The fourth-order valence-electron chi connectivity index (χ4n) is 4.20. The van der Waals surface area contributed by atoms with Gasteiger partial charge in [0, 0.05) is 30.4 Å². The minimum atomic E-state index is -0.895. The van der Waals surface area contributed by atoms with E-state index < -0.39 is 5.97 Å². The summed E-state index contributed by atoms with van der Waals surface area (Å²) in [6.07, 6.45) is 2.38. The van der Waals surface area contributed by atoms with Crippen molar-refractivity contribution in [1.29, 1.82) is 0 Å². The highest BCUT2D eigenvalue weighted by Crippen LogP contribution is 2.28. The average Bonchev–Trinajstić information content (AvgIpc) is 2.74. The van der Waals surface area contributed by atoms with E-state index in [0.29, 0.717) is 11.5 Å². The third kappa shape index (κ3) is 4.54. The molecule has 0 amide bonds. The molecule has 0 spiro atoms. The Bertz CT molecular complexity index is 998.